The van der Waals surface area contributed by atoms with Crippen LogP contribution < -0.4 is 5.32 Å². The van der Waals surface area contributed by atoms with Gasteiger partial charge in [0.05, 0.1) is 6.07 Å². The van der Waals surface area contributed by atoms with Crippen molar-refractivity contribution in [1.82, 2.24) is 5.32 Å². The molecule has 0 heterocycles. The predicted molar refractivity (Wildman–Crippen MR) is 75.6 cm³/mol. The SMILES string of the molecule is CCC(C#N)(CC)NC(=O)c1cccc(I)c1. The molecule has 0 aromatic heterocycles. The predicted octanol–water partition coefficient (Wildman–Crippen LogP) is 3.10. The Kier molecular flexibility index (Phi) is 4.94. The minimum Gasteiger partial charge on any atom is -0.334 e. The monoisotopic (exact) mass is 342 g/mol. The third-order valence-electron chi connectivity index (χ3n) is 2.86. The van der Waals surface area contributed by atoms with Gasteiger partial charge in [-0.25, -0.2) is 0 Å². The Labute approximate surface area is 115 Å². The second kappa shape index (κ2) is 6.01. The van der Waals surface area contributed by atoms with E-state index in [1.807, 2.05) is 32.0 Å². The Hall–Kier alpha value is -1.09. The Balaban J connectivity index is 2.89. The summed E-state index contributed by atoms with van der Waals surface area (Å²) in [5.74, 6) is -0.186. The molecule has 17 heavy (non-hydrogen) atoms. The molecule has 0 radical (unpaired) electrons. The first kappa shape index (κ1) is 14.0. The average Bonchev–Trinajstić information content (AvgIpc) is 2.36. The molecule has 1 amide bonds. The van der Waals surface area contributed by atoms with Gasteiger partial charge in [-0.2, -0.15) is 5.26 Å². The van der Waals surface area contributed by atoms with Gasteiger partial charge in [0.2, 0.25) is 0 Å². The molecule has 0 aliphatic carbocycles. The van der Waals surface area contributed by atoms with Crippen molar-refractivity contribution in [3.63, 3.8) is 0 Å². The second-order valence-corrected chi connectivity index (χ2v) is 5.11. The van der Waals surface area contributed by atoms with E-state index in [1.54, 1.807) is 6.07 Å². The Morgan fingerprint density at radius 2 is 2.12 bits per heavy atom. The molecule has 3 nitrogen and oxygen atoms in total. The van der Waals surface area contributed by atoms with Gasteiger partial charge in [0.1, 0.15) is 5.54 Å². The van der Waals surface area contributed by atoms with Gasteiger partial charge in [-0.1, -0.05) is 19.9 Å². The van der Waals surface area contributed by atoms with Gasteiger partial charge in [-0.05, 0) is 53.6 Å². The van der Waals surface area contributed by atoms with E-state index in [2.05, 4.69) is 34.0 Å². The zero-order chi connectivity index (χ0) is 12.9. The van der Waals surface area contributed by atoms with Crippen LogP contribution >= 0.6 is 22.6 Å². The number of nitriles is 1. The highest BCUT2D eigenvalue weighted by atomic mass is 127. The number of carbonyl (C=O) groups is 1. The van der Waals surface area contributed by atoms with E-state index in [4.69, 9.17) is 5.26 Å². The molecule has 0 bridgehead atoms. The van der Waals surface area contributed by atoms with Crippen LogP contribution in [0.4, 0.5) is 0 Å². The van der Waals surface area contributed by atoms with E-state index in [9.17, 15) is 4.79 Å². The van der Waals surface area contributed by atoms with Gasteiger partial charge < -0.3 is 5.32 Å². The number of benzene rings is 1. The molecule has 90 valence electrons. The summed E-state index contributed by atoms with van der Waals surface area (Å²) in [6, 6.07) is 9.52. The van der Waals surface area contributed by atoms with Crippen LogP contribution in [0.25, 0.3) is 0 Å². The normalized spacial score (nSPS) is 10.7. The minimum atomic E-state index is -0.752. The molecule has 0 saturated heterocycles. The molecule has 1 rings (SSSR count). The van der Waals surface area contributed by atoms with Crippen molar-refractivity contribution in [2.24, 2.45) is 0 Å². The maximum atomic E-state index is 12.0. The lowest BCUT2D eigenvalue weighted by Crippen LogP contribution is -2.46. The zero-order valence-corrected chi connectivity index (χ0v) is 12.1. The summed E-state index contributed by atoms with van der Waals surface area (Å²) in [6.45, 7) is 3.81. The Morgan fingerprint density at radius 1 is 1.47 bits per heavy atom. The van der Waals surface area contributed by atoms with Crippen molar-refractivity contribution in [2.45, 2.75) is 32.2 Å². The summed E-state index contributed by atoms with van der Waals surface area (Å²) in [5, 5.41) is 12.0. The smallest absolute Gasteiger partial charge is 0.252 e. The lowest BCUT2D eigenvalue weighted by atomic mass is 9.94. The number of amides is 1. The van der Waals surface area contributed by atoms with Gasteiger partial charge in [0.15, 0.2) is 0 Å². The van der Waals surface area contributed by atoms with Crippen LogP contribution in [0.2, 0.25) is 0 Å². The van der Waals surface area contributed by atoms with Crippen molar-refractivity contribution in [1.29, 1.82) is 5.26 Å². The highest BCUT2D eigenvalue weighted by Crippen LogP contribution is 2.15. The number of hydrogen-bond donors (Lipinski definition) is 1. The van der Waals surface area contributed by atoms with Crippen LogP contribution in [0.3, 0.4) is 0 Å². The molecule has 0 spiro atoms. The van der Waals surface area contributed by atoms with Gasteiger partial charge in [0, 0.05) is 9.13 Å². The molecule has 4 heteroatoms. The fraction of sp³-hybridized carbons (Fsp3) is 0.385. The summed E-state index contributed by atoms with van der Waals surface area (Å²) in [5.41, 5.74) is -0.156. The van der Waals surface area contributed by atoms with Crippen molar-refractivity contribution in [3.05, 3.63) is 33.4 Å². The van der Waals surface area contributed by atoms with Crippen molar-refractivity contribution < 1.29 is 4.79 Å². The van der Waals surface area contributed by atoms with Crippen LogP contribution in [-0.2, 0) is 0 Å². The molecule has 0 aliphatic heterocycles. The lowest BCUT2D eigenvalue weighted by Gasteiger charge is -2.24. The average molecular weight is 342 g/mol. The van der Waals surface area contributed by atoms with E-state index in [0.717, 1.165) is 3.57 Å². The molecule has 0 aliphatic rings. The van der Waals surface area contributed by atoms with Crippen LogP contribution in [0, 0.1) is 14.9 Å². The number of nitrogens with one attached hydrogen (secondary N) is 1. The Morgan fingerprint density at radius 3 is 2.59 bits per heavy atom. The second-order valence-electron chi connectivity index (χ2n) is 3.87. The highest BCUT2D eigenvalue weighted by molar-refractivity contribution is 14.1. The third-order valence-corrected chi connectivity index (χ3v) is 3.53. The number of carbonyl (C=O) groups excluding carboxylic acids is 1. The number of halogens is 1. The van der Waals surface area contributed by atoms with Crippen LogP contribution in [0.5, 0.6) is 0 Å². The highest BCUT2D eigenvalue weighted by Gasteiger charge is 2.28. The largest absolute Gasteiger partial charge is 0.334 e. The summed E-state index contributed by atoms with van der Waals surface area (Å²) in [6.07, 6.45) is 1.21. The third kappa shape index (κ3) is 3.43. The molecule has 1 aromatic rings. The van der Waals surface area contributed by atoms with Gasteiger partial charge in [-0.3, -0.25) is 4.79 Å². The van der Waals surface area contributed by atoms with E-state index in [0.29, 0.717) is 18.4 Å². The van der Waals surface area contributed by atoms with E-state index >= 15 is 0 Å². The van der Waals surface area contributed by atoms with Gasteiger partial charge >= 0.3 is 0 Å². The van der Waals surface area contributed by atoms with Crippen molar-refractivity contribution in [2.75, 3.05) is 0 Å². The summed E-state index contributed by atoms with van der Waals surface area (Å²) < 4.78 is 1.01. The molecule has 0 unspecified atom stereocenters. The quantitative estimate of drug-likeness (QED) is 0.855. The first-order valence-corrected chi connectivity index (χ1v) is 6.64. The fourth-order valence-electron chi connectivity index (χ4n) is 1.53. The van der Waals surface area contributed by atoms with Gasteiger partial charge in [-0.15, -0.1) is 0 Å². The number of nitrogens with zero attached hydrogens (tertiary/aromatic N) is 1. The number of rotatable bonds is 4. The summed E-state index contributed by atoms with van der Waals surface area (Å²) >= 11 is 2.16. The fourth-order valence-corrected chi connectivity index (χ4v) is 2.08. The Bertz CT molecular complexity index is 447. The first-order chi connectivity index (χ1) is 8.06. The maximum absolute atomic E-state index is 12.0. The molecule has 0 fully saturated rings. The minimum absolute atomic E-state index is 0.186. The molecule has 1 aromatic carbocycles. The summed E-state index contributed by atoms with van der Waals surface area (Å²) in [4.78, 5) is 12.0. The van der Waals surface area contributed by atoms with Gasteiger partial charge in [0.25, 0.3) is 5.91 Å². The zero-order valence-electron chi connectivity index (χ0n) is 9.96. The number of hydrogen-bond acceptors (Lipinski definition) is 2. The van der Waals surface area contributed by atoms with Crippen LogP contribution in [0.15, 0.2) is 24.3 Å². The molecule has 0 atom stereocenters. The maximum Gasteiger partial charge on any atom is 0.252 e. The molecule has 1 N–H and O–H groups in total. The van der Waals surface area contributed by atoms with E-state index in [-0.39, 0.29) is 5.91 Å². The topological polar surface area (TPSA) is 52.9 Å². The van der Waals surface area contributed by atoms with E-state index in [1.165, 1.54) is 0 Å². The summed E-state index contributed by atoms with van der Waals surface area (Å²) in [7, 11) is 0. The molecular weight excluding hydrogens is 327 g/mol. The standard InChI is InChI=1S/C13H15IN2O/c1-3-13(4-2,9-15)16-12(17)10-6-5-7-11(14)8-10/h5-8H,3-4H2,1-2H3,(H,16,17). The van der Waals surface area contributed by atoms with Crippen LogP contribution in [0.1, 0.15) is 37.0 Å². The molecular formula is C13H15IN2O. The van der Waals surface area contributed by atoms with Crippen molar-refractivity contribution >= 4 is 28.5 Å². The lowest BCUT2D eigenvalue weighted by molar-refractivity contribution is 0.0915. The van der Waals surface area contributed by atoms with Crippen LogP contribution in [-0.4, -0.2) is 11.4 Å². The van der Waals surface area contributed by atoms with E-state index < -0.39 is 5.54 Å². The first-order valence-electron chi connectivity index (χ1n) is 5.56. The van der Waals surface area contributed by atoms with Crippen molar-refractivity contribution in [3.8, 4) is 6.07 Å². The molecule has 0 saturated carbocycles.